The first-order valence-corrected chi connectivity index (χ1v) is 6.40. The van der Waals surface area contributed by atoms with Crippen molar-refractivity contribution >= 4 is 17.6 Å². The number of carbonyl (C=O) groups excluding carboxylic acids is 2. The Morgan fingerprint density at radius 3 is 2.13 bits per heavy atom. The molecule has 0 amide bonds. The number of carbonyl (C=O) groups is 2. The summed E-state index contributed by atoms with van der Waals surface area (Å²) in [5.74, 6) is -0.492. The zero-order chi connectivity index (χ0) is 16.1. The molecule has 0 aromatic heterocycles. The highest BCUT2D eigenvalue weighted by Gasteiger charge is 2.19. The van der Waals surface area contributed by atoms with E-state index in [1.54, 1.807) is 30.3 Å². The van der Waals surface area contributed by atoms with Crippen molar-refractivity contribution in [2.75, 3.05) is 20.0 Å². The molecule has 0 radical (unpaired) electrons. The van der Waals surface area contributed by atoms with E-state index in [4.69, 9.17) is 10.5 Å². The van der Waals surface area contributed by atoms with Crippen LogP contribution in [0.15, 0.2) is 42.5 Å². The van der Waals surface area contributed by atoms with Crippen LogP contribution in [0.1, 0.15) is 20.7 Å². The van der Waals surface area contributed by atoms with Crippen LogP contribution in [0.4, 0.5) is 5.69 Å². The number of esters is 2. The number of benzene rings is 2. The minimum absolute atomic E-state index is 0. The summed E-state index contributed by atoms with van der Waals surface area (Å²) in [6, 6.07) is 11.3. The molecule has 0 heterocycles. The maximum atomic E-state index is 11.8. The van der Waals surface area contributed by atoms with Gasteiger partial charge in [0.25, 0.3) is 0 Å². The van der Waals surface area contributed by atoms with Gasteiger partial charge >= 0.3 is 11.9 Å². The van der Waals surface area contributed by atoms with Gasteiger partial charge in [-0.05, 0) is 30.3 Å². The second kappa shape index (κ2) is 8.05. The average molecular weight is 337 g/mol. The molecule has 7 heteroatoms. The molecule has 6 nitrogen and oxygen atoms in total. The fourth-order valence-electron chi connectivity index (χ4n) is 1.85. The Kier molecular flexibility index (Phi) is 6.41. The molecule has 2 aromatic carbocycles. The highest BCUT2D eigenvalue weighted by molar-refractivity contribution is 6.03. The fraction of sp³-hybridized carbons (Fsp3) is 0.125. The van der Waals surface area contributed by atoms with E-state index in [-0.39, 0.29) is 23.5 Å². The molecule has 0 aliphatic carbocycles. The Morgan fingerprint density at radius 1 is 0.913 bits per heavy atom. The highest BCUT2D eigenvalue weighted by Crippen LogP contribution is 2.28. The van der Waals surface area contributed by atoms with Crippen molar-refractivity contribution in [3.05, 3.63) is 53.6 Å². The number of para-hydroxylation sites is 2. The van der Waals surface area contributed by atoms with Crippen LogP contribution in [0.25, 0.3) is 0 Å². The van der Waals surface area contributed by atoms with Crippen LogP contribution < -0.4 is 22.9 Å². The van der Waals surface area contributed by atoms with Gasteiger partial charge in [-0.25, -0.2) is 9.59 Å². The van der Waals surface area contributed by atoms with Crippen LogP contribution in [0, 0.1) is 0 Å². The normalized spacial score (nSPS) is 9.48. The topological polar surface area (TPSA) is 87.9 Å². The van der Waals surface area contributed by atoms with Gasteiger partial charge in [-0.15, -0.1) is 0 Å². The summed E-state index contributed by atoms with van der Waals surface area (Å²) in [6.07, 6.45) is 0. The van der Waals surface area contributed by atoms with Crippen LogP contribution in [0.5, 0.6) is 11.5 Å². The van der Waals surface area contributed by atoms with Gasteiger partial charge in [0, 0.05) is 0 Å². The Labute approximate surface area is 139 Å². The molecule has 2 aromatic rings. The number of halogens is 1. The molecule has 0 atom stereocenters. The number of rotatable bonds is 4. The largest absolute Gasteiger partial charge is 1.00 e. The SMILES string of the molecule is COC(=O)c1ccc(Oc2ccccc2N)cc1C(=O)OC.[Cl-]. The highest BCUT2D eigenvalue weighted by atomic mass is 35.5. The van der Waals surface area contributed by atoms with E-state index in [1.165, 1.54) is 26.4 Å². The van der Waals surface area contributed by atoms with Gasteiger partial charge in [0.15, 0.2) is 0 Å². The number of anilines is 1. The van der Waals surface area contributed by atoms with Crippen molar-refractivity contribution in [3.63, 3.8) is 0 Å². The van der Waals surface area contributed by atoms with Gasteiger partial charge < -0.3 is 32.4 Å². The van der Waals surface area contributed by atoms with Crippen molar-refractivity contribution < 1.29 is 36.2 Å². The quantitative estimate of drug-likeness (QED) is 0.606. The van der Waals surface area contributed by atoms with E-state index in [0.29, 0.717) is 17.2 Å². The van der Waals surface area contributed by atoms with E-state index in [2.05, 4.69) is 9.47 Å². The van der Waals surface area contributed by atoms with E-state index < -0.39 is 11.9 Å². The number of nitrogen functional groups attached to an aromatic ring is 1. The monoisotopic (exact) mass is 336 g/mol. The van der Waals surface area contributed by atoms with Crippen LogP contribution in [0.2, 0.25) is 0 Å². The molecule has 0 saturated carbocycles. The van der Waals surface area contributed by atoms with E-state index in [1.807, 2.05) is 0 Å². The van der Waals surface area contributed by atoms with E-state index >= 15 is 0 Å². The molecular formula is C16H15ClNO5-. The smallest absolute Gasteiger partial charge is 0.338 e. The third-order valence-corrected chi connectivity index (χ3v) is 2.95. The second-order valence-electron chi connectivity index (χ2n) is 4.33. The summed E-state index contributed by atoms with van der Waals surface area (Å²) in [6.45, 7) is 0. The van der Waals surface area contributed by atoms with Crippen LogP contribution >= 0.6 is 0 Å². The van der Waals surface area contributed by atoms with Crippen molar-refractivity contribution in [1.29, 1.82) is 0 Å². The maximum Gasteiger partial charge on any atom is 0.338 e. The molecule has 2 rings (SSSR count). The molecule has 122 valence electrons. The van der Waals surface area contributed by atoms with Crippen LogP contribution in [0.3, 0.4) is 0 Å². The lowest BCUT2D eigenvalue weighted by atomic mass is 10.1. The fourth-order valence-corrected chi connectivity index (χ4v) is 1.85. The molecule has 0 bridgehead atoms. The standard InChI is InChI=1S/C16H15NO5.ClH/c1-20-15(18)11-8-7-10(9-12(11)16(19)21-2)22-14-6-4-3-5-13(14)17;/h3-9H,17H2,1-2H3;1H/p-1. The molecule has 0 fully saturated rings. The summed E-state index contributed by atoms with van der Waals surface area (Å²) in [5, 5.41) is 0. The summed E-state index contributed by atoms with van der Waals surface area (Å²) in [7, 11) is 2.46. The van der Waals surface area contributed by atoms with Gasteiger partial charge in [-0.3, -0.25) is 0 Å². The van der Waals surface area contributed by atoms with Crippen molar-refractivity contribution in [2.24, 2.45) is 0 Å². The average Bonchev–Trinajstić information content (AvgIpc) is 2.55. The van der Waals surface area contributed by atoms with Gasteiger partial charge in [0.05, 0.1) is 31.0 Å². The number of methoxy groups -OCH3 is 2. The number of hydrogen-bond donors (Lipinski definition) is 1. The Balaban J connectivity index is 0.00000264. The molecule has 0 unspecified atom stereocenters. The molecule has 23 heavy (non-hydrogen) atoms. The number of nitrogens with two attached hydrogens (primary N) is 1. The third kappa shape index (κ3) is 4.14. The number of hydrogen-bond acceptors (Lipinski definition) is 6. The van der Waals surface area contributed by atoms with Gasteiger partial charge in [-0.1, -0.05) is 12.1 Å². The Hall–Kier alpha value is -2.73. The van der Waals surface area contributed by atoms with Crippen LogP contribution in [-0.4, -0.2) is 26.2 Å². The van der Waals surface area contributed by atoms with Crippen molar-refractivity contribution in [1.82, 2.24) is 0 Å². The Bertz CT molecular complexity index is 717. The summed E-state index contributed by atoms with van der Waals surface area (Å²) in [4.78, 5) is 23.5. The maximum absolute atomic E-state index is 11.8. The molecule has 0 spiro atoms. The summed E-state index contributed by atoms with van der Waals surface area (Å²) >= 11 is 0. The predicted molar refractivity (Wildman–Crippen MR) is 80.0 cm³/mol. The lowest BCUT2D eigenvalue weighted by Crippen LogP contribution is -3.00. The zero-order valence-corrected chi connectivity index (χ0v) is 13.3. The van der Waals surface area contributed by atoms with Crippen molar-refractivity contribution in [3.8, 4) is 11.5 Å². The van der Waals surface area contributed by atoms with Gasteiger partial charge in [-0.2, -0.15) is 0 Å². The molecule has 0 saturated heterocycles. The Morgan fingerprint density at radius 2 is 1.52 bits per heavy atom. The molecule has 2 N–H and O–H groups in total. The minimum atomic E-state index is -0.660. The van der Waals surface area contributed by atoms with Gasteiger partial charge in [0.1, 0.15) is 11.5 Å². The summed E-state index contributed by atoms with van der Waals surface area (Å²) in [5.41, 5.74) is 6.42. The van der Waals surface area contributed by atoms with Gasteiger partial charge in [0.2, 0.25) is 0 Å². The minimum Gasteiger partial charge on any atom is -1.00 e. The molecule has 0 aliphatic heterocycles. The lowest BCUT2D eigenvalue weighted by Gasteiger charge is -2.11. The summed E-state index contributed by atoms with van der Waals surface area (Å²) < 4.78 is 14.9. The first-order valence-electron chi connectivity index (χ1n) is 6.40. The third-order valence-electron chi connectivity index (χ3n) is 2.95. The van der Waals surface area contributed by atoms with E-state index in [0.717, 1.165) is 0 Å². The predicted octanol–water partition coefficient (Wildman–Crippen LogP) is -0.362. The zero-order valence-electron chi connectivity index (χ0n) is 12.5. The molecular weight excluding hydrogens is 322 g/mol. The number of ether oxygens (including phenoxy) is 3. The van der Waals surface area contributed by atoms with Crippen molar-refractivity contribution in [2.45, 2.75) is 0 Å². The van der Waals surface area contributed by atoms with E-state index in [9.17, 15) is 9.59 Å². The first-order chi connectivity index (χ1) is 10.6. The second-order valence-corrected chi connectivity index (χ2v) is 4.33. The lowest BCUT2D eigenvalue weighted by molar-refractivity contribution is -0.0000322. The molecule has 0 aliphatic rings. The first kappa shape index (κ1) is 18.3. The van der Waals surface area contributed by atoms with Crippen LogP contribution in [-0.2, 0) is 9.47 Å².